The first-order chi connectivity index (χ1) is 21.0. The van der Waals surface area contributed by atoms with E-state index in [0.29, 0.717) is 10.0 Å². The Balaban J connectivity index is 1.30. The molecule has 1 unspecified atom stereocenters. The predicted molar refractivity (Wildman–Crippen MR) is 177 cm³/mol. The normalized spacial score (nSPS) is 15.2. The number of ether oxygens (including phenoxy) is 2. The van der Waals surface area contributed by atoms with Gasteiger partial charge in [0.05, 0.1) is 34.5 Å². The third-order valence-electron chi connectivity index (χ3n) is 7.90. The fourth-order valence-electron chi connectivity index (χ4n) is 5.43. The number of rotatable bonds is 14. The predicted octanol–water partition coefficient (Wildman–Crippen LogP) is 7.95. The van der Waals surface area contributed by atoms with Crippen LogP contribution in [0.2, 0.25) is 10.0 Å². The number of halogens is 2. The largest absolute Gasteiger partial charge is 0.486 e. The van der Waals surface area contributed by atoms with Crippen LogP contribution in [0.4, 0.5) is 0 Å². The zero-order valence-corrected chi connectivity index (χ0v) is 26.6. The van der Waals surface area contributed by atoms with Crippen LogP contribution in [0.3, 0.4) is 0 Å². The summed E-state index contributed by atoms with van der Waals surface area (Å²) in [6.07, 6.45) is 9.54. The van der Waals surface area contributed by atoms with Gasteiger partial charge in [-0.05, 0) is 60.7 Å². The molecule has 43 heavy (non-hydrogen) atoms. The molecule has 1 saturated heterocycles. The highest BCUT2D eigenvalue weighted by Crippen LogP contribution is 2.34. The number of hydrogen-bond acceptors (Lipinski definition) is 6. The summed E-state index contributed by atoms with van der Waals surface area (Å²) in [4.78, 5) is 6.50. The molecule has 1 aliphatic heterocycles. The highest BCUT2D eigenvalue weighted by molar-refractivity contribution is 6.35. The number of nitrogens with one attached hydrogen (secondary N) is 2. The smallest absolute Gasteiger partial charge is 0.124 e. The SMILES string of the molecule is CCCCC/C(=C\c1n[nH]c2ccc(OC(C)c3c(Cl)cncc3Cl)cc12)c1ccc(CNCCN2CCOCC2)cc1. The van der Waals surface area contributed by atoms with Crippen molar-refractivity contribution in [2.45, 2.75) is 52.2 Å². The Morgan fingerprint density at radius 1 is 1.09 bits per heavy atom. The molecule has 4 aromatic rings. The number of nitrogens with zero attached hydrogens (tertiary/aromatic N) is 3. The molecule has 9 heteroatoms. The fourth-order valence-corrected chi connectivity index (χ4v) is 6.10. The molecule has 0 aliphatic carbocycles. The number of allylic oxidation sites excluding steroid dienone is 1. The average molecular weight is 623 g/mol. The summed E-state index contributed by atoms with van der Waals surface area (Å²) in [5.74, 6) is 0.720. The summed E-state index contributed by atoms with van der Waals surface area (Å²) in [6, 6.07) is 14.9. The van der Waals surface area contributed by atoms with E-state index in [0.717, 1.165) is 86.7 Å². The third-order valence-corrected chi connectivity index (χ3v) is 8.50. The van der Waals surface area contributed by atoms with Gasteiger partial charge in [0.15, 0.2) is 0 Å². The lowest BCUT2D eigenvalue weighted by Crippen LogP contribution is -2.40. The van der Waals surface area contributed by atoms with E-state index in [1.165, 1.54) is 29.5 Å². The van der Waals surface area contributed by atoms with Crippen LogP contribution >= 0.6 is 23.2 Å². The zero-order valence-electron chi connectivity index (χ0n) is 25.0. The van der Waals surface area contributed by atoms with Gasteiger partial charge < -0.3 is 14.8 Å². The van der Waals surface area contributed by atoms with Gasteiger partial charge >= 0.3 is 0 Å². The van der Waals surface area contributed by atoms with Gasteiger partial charge in [-0.15, -0.1) is 0 Å². The van der Waals surface area contributed by atoms with Gasteiger partial charge in [0.25, 0.3) is 0 Å². The van der Waals surface area contributed by atoms with Crippen LogP contribution in [0, 0.1) is 0 Å². The molecule has 5 rings (SSSR count). The van der Waals surface area contributed by atoms with E-state index in [1.807, 2.05) is 25.1 Å². The topological polar surface area (TPSA) is 75.3 Å². The van der Waals surface area contributed by atoms with Crippen molar-refractivity contribution in [3.63, 3.8) is 0 Å². The van der Waals surface area contributed by atoms with Crippen LogP contribution < -0.4 is 10.1 Å². The second kappa shape index (κ2) is 15.7. The second-order valence-electron chi connectivity index (χ2n) is 11.0. The summed E-state index contributed by atoms with van der Waals surface area (Å²) in [5, 5.41) is 13.4. The van der Waals surface area contributed by atoms with Crippen molar-refractivity contribution in [2.24, 2.45) is 0 Å². The molecule has 1 fully saturated rings. The number of pyridine rings is 1. The number of fused-ring (bicyclic) bond motifs is 1. The maximum absolute atomic E-state index is 6.37. The number of hydrogen-bond donors (Lipinski definition) is 2. The van der Waals surface area contributed by atoms with Crippen LogP contribution in [0.5, 0.6) is 5.75 Å². The molecule has 0 amide bonds. The third kappa shape index (κ3) is 8.58. The lowest BCUT2D eigenvalue weighted by Gasteiger charge is -2.26. The Labute approximate surface area is 264 Å². The molecular weight excluding hydrogens is 581 g/mol. The maximum Gasteiger partial charge on any atom is 0.124 e. The lowest BCUT2D eigenvalue weighted by molar-refractivity contribution is 0.0384. The maximum atomic E-state index is 6.37. The minimum atomic E-state index is -0.344. The van der Waals surface area contributed by atoms with Gasteiger partial charge in [0.2, 0.25) is 0 Å². The quantitative estimate of drug-likeness (QED) is 0.139. The van der Waals surface area contributed by atoms with Crippen molar-refractivity contribution in [1.29, 1.82) is 0 Å². The van der Waals surface area contributed by atoms with Gasteiger partial charge in [-0.1, -0.05) is 67.2 Å². The molecule has 0 saturated carbocycles. The summed E-state index contributed by atoms with van der Waals surface area (Å²) in [5.41, 5.74) is 6.37. The summed E-state index contributed by atoms with van der Waals surface area (Å²) >= 11 is 12.7. The molecule has 0 bridgehead atoms. The molecule has 228 valence electrons. The van der Waals surface area contributed by atoms with Crippen molar-refractivity contribution in [2.75, 3.05) is 39.4 Å². The number of aromatic nitrogens is 3. The molecule has 3 heterocycles. The van der Waals surface area contributed by atoms with E-state index in [1.54, 1.807) is 12.4 Å². The minimum Gasteiger partial charge on any atom is -0.486 e. The lowest BCUT2D eigenvalue weighted by atomic mass is 9.97. The van der Waals surface area contributed by atoms with E-state index in [9.17, 15) is 0 Å². The van der Waals surface area contributed by atoms with Crippen molar-refractivity contribution in [1.82, 2.24) is 25.4 Å². The van der Waals surface area contributed by atoms with Crippen LogP contribution in [0.1, 0.15) is 68.0 Å². The Kier molecular flexibility index (Phi) is 11.5. The first-order valence-corrected chi connectivity index (χ1v) is 16.0. The molecule has 1 atom stereocenters. The number of unbranched alkanes of at least 4 members (excludes halogenated alkanes) is 2. The Bertz CT molecular complexity index is 1480. The first-order valence-electron chi connectivity index (χ1n) is 15.3. The first kappa shape index (κ1) is 31.5. The number of morpholine rings is 1. The summed E-state index contributed by atoms with van der Waals surface area (Å²) < 4.78 is 11.7. The van der Waals surface area contributed by atoms with Crippen LogP contribution in [-0.4, -0.2) is 59.5 Å². The van der Waals surface area contributed by atoms with Crippen molar-refractivity contribution in [3.8, 4) is 5.75 Å². The Hall–Kier alpha value is -2.94. The van der Waals surface area contributed by atoms with Gasteiger partial charge in [0.1, 0.15) is 11.9 Å². The van der Waals surface area contributed by atoms with Crippen LogP contribution in [-0.2, 0) is 11.3 Å². The highest BCUT2D eigenvalue weighted by Gasteiger charge is 2.17. The standard InChI is InChI=1S/C34H41Cl2N5O2/c1-3-4-5-6-27(26-9-7-25(8-10-26)21-37-13-14-41-15-17-42-18-16-41)19-33-29-20-28(11-12-32(29)39-40-33)43-24(2)34-30(35)22-38-23-31(34)36/h7-12,19-20,22-24,37H,3-6,13-18,21H2,1-2H3,(H,39,40)/b27-19+. The van der Waals surface area contributed by atoms with Crippen LogP contribution in [0.25, 0.3) is 22.6 Å². The average Bonchev–Trinajstić information content (AvgIpc) is 3.41. The second-order valence-corrected chi connectivity index (χ2v) is 11.9. The van der Waals surface area contributed by atoms with Gasteiger partial charge in [-0.2, -0.15) is 5.10 Å². The van der Waals surface area contributed by atoms with E-state index in [-0.39, 0.29) is 6.10 Å². The van der Waals surface area contributed by atoms with E-state index < -0.39 is 0 Å². The molecule has 2 aromatic carbocycles. The van der Waals surface area contributed by atoms with Crippen molar-refractivity contribution >= 4 is 45.8 Å². The van der Waals surface area contributed by atoms with E-state index in [2.05, 4.69) is 62.7 Å². The number of benzene rings is 2. The van der Waals surface area contributed by atoms with Crippen LogP contribution in [0.15, 0.2) is 54.9 Å². The van der Waals surface area contributed by atoms with Crippen molar-refractivity contribution in [3.05, 3.63) is 87.3 Å². The monoisotopic (exact) mass is 621 g/mol. The molecule has 0 radical (unpaired) electrons. The summed E-state index contributed by atoms with van der Waals surface area (Å²) in [7, 11) is 0. The molecule has 2 aromatic heterocycles. The Morgan fingerprint density at radius 3 is 2.60 bits per heavy atom. The van der Waals surface area contributed by atoms with E-state index in [4.69, 9.17) is 32.7 Å². The molecule has 1 aliphatic rings. The number of H-pyrrole nitrogens is 1. The molecule has 0 spiro atoms. The number of aromatic amines is 1. The molecule has 2 N–H and O–H groups in total. The minimum absolute atomic E-state index is 0.344. The van der Waals surface area contributed by atoms with Gasteiger partial charge in [-0.3, -0.25) is 15.0 Å². The summed E-state index contributed by atoms with van der Waals surface area (Å²) in [6.45, 7) is 10.8. The highest BCUT2D eigenvalue weighted by atomic mass is 35.5. The van der Waals surface area contributed by atoms with E-state index >= 15 is 0 Å². The molecular formula is C34H41Cl2N5O2. The molecule has 7 nitrogen and oxygen atoms in total. The van der Waals surface area contributed by atoms with Gasteiger partial charge in [0, 0.05) is 56.1 Å². The van der Waals surface area contributed by atoms with Crippen molar-refractivity contribution < 1.29 is 9.47 Å². The fraction of sp³-hybridized carbons (Fsp3) is 0.412. The van der Waals surface area contributed by atoms with Gasteiger partial charge in [-0.25, -0.2) is 0 Å². The zero-order chi connectivity index (χ0) is 30.0. The Morgan fingerprint density at radius 2 is 1.86 bits per heavy atom.